The second kappa shape index (κ2) is 7.62. The molecule has 2 aromatic rings. The van der Waals surface area contributed by atoms with Crippen molar-refractivity contribution < 1.29 is 4.79 Å². The Bertz CT molecular complexity index is 741. The fourth-order valence-electron chi connectivity index (χ4n) is 4.62. The first-order chi connectivity index (χ1) is 12.7. The minimum Gasteiger partial charge on any atom is -0.356 e. The summed E-state index contributed by atoms with van der Waals surface area (Å²) in [6, 6.07) is 11.5. The topological polar surface area (TPSA) is 50.2 Å². The Morgan fingerprint density at radius 3 is 2.92 bits per heavy atom. The fourth-order valence-corrected chi connectivity index (χ4v) is 4.62. The zero-order chi connectivity index (χ0) is 17.9. The summed E-state index contributed by atoms with van der Waals surface area (Å²) in [5, 5.41) is 7.47. The van der Waals surface area contributed by atoms with Crippen LogP contribution in [0.2, 0.25) is 0 Å². The van der Waals surface area contributed by atoms with Gasteiger partial charge in [-0.1, -0.05) is 30.3 Å². The summed E-state index contributed by atoms with van der Waals surface area (Å²) >= 11 is 0. The predicted molar refractivity (Wildman–Crippen MR) is 102 cm³/mol. The molecule has 3 atom stereocenters. The molecule has 138 valence electrons. The van der Waals surface area contributed by atoms with Gasteiger partial charge >= 0.3 is 0 Å². The lowest BCUT2D eigenvalue weighted by Crippen LogP contribution is -2.38. The lowest BCUT2D eigenvalue weighted by atomic mass is 9.93. The van der Waals surface area contributed by atoms with Crippen LogP contribution in [0, 0.1) is 12.8 Å². The molecule has 1 aromatic carbocycles. The molecule has 0 bridgehead atoms. The van der Waals surface area contributed by atoms with Gasteiger partial charge in [-0.2, -0.15) is 5.10 Å². The van der Waals surface area contributed by atoms with Crippen LogP contribution in [0.25, 0.3) is 0 Å². The fraction of sp³-hybridized carbons (Fsp3) is 0.524. The van der Waals surface area contributed by atoms with Gasteiger partial charge in [-0.25, -0.2) is 0 Å². The summed E-state index contributed by atoms with van der Waals surface area (Å²) in [5.41, 5.74) is 2.53. The highest BCUT2D eigenvalue weighted by Gasteiger charge is 2.46. The summed E-state index contributed by atoms with van der Waals surface area (Å²) < 4.78 is 1.95. The van der Waals surface area contributed by atoms with Gasteiger partial charge < -0.3 is 5.32 Å². The molecule has 3 heterocycles. The predicted octanol–water partition coefficient (Wildman–Crippen LogP) is 2.92. The number of nitrogens with one attached hydrogen (secondary N) is 1. The van der Waals surface area contributed by atoms with Crippen molar-refractivity contribution in [1.29, 1.82) is 0 Å². The highest BCUT2D eigenvalue weighted by molar-refractivity contribution is 5.80. The van der Waals surface area contributed by atoms with Crippen molar-refractivity contribution in [3.05, 3.63) is 53.9 Å². The van der Waals surface area contributed by atoms with Gasteiger partial charge in [0.1, 0.15) is 0 Å². The van der Waals surface area contributed by atoms with Gasteiger partial charge in [0.25, 0.3) is 0 Å². The third kappa shape index (κ3) is 3.54. The average Bonchev–Trinajstić information content (AvgIpc) is 3.36. The SMILES string of the molecule is Cc1cnn(CCCNC(=O)[C@@H]2C[C@H](c3ccccc3)N3CCC[C@@H]23)c1. The van der Waals surface area contributed by atoms with Gasteiger partial charge in [0, 0.05) is 31.4 Å². The van der Waals surface area contributed by atoms with Crippen molar-refractivity contribution in [2.75, 3.05) is 13.1 Å². The largest absolute Gasteiger partial charge is 0.356 e. The average molecular weight is 352 g/mol. The van der Waals surface area contributed by atoms with Crippen molar-refractivity contribution in [2.45, 2.75) is 51.2 Å². The van der Waals surface area contributed by atoms with Crippen LogP contribution in [0.15, 0.2) is 42.7 Å². The third-order valence-corrected chi connectivity index (χ3v) is 5.83. The second-order valence-electron chi connectivity index (χ2n) is 7.64. The molecular weight excluding hydrogens is 324 g/mol. The number of hydrogen-bond donors (Lipinski definition) is 1. The number of aryl methyl sites for hydroxylation is 2. The van der Waals surface area contributed by atoms with Crippen molar-refractivity contribution in [3.8, 4) is 0 Å². The maximum absolute atomic E-state index is 12.8. The van der Waals surface area contributed by atoms with Crippen molar-refractivity contribution in [2.24, 2.45) is 5.92 Å². The Morgan fingerprint density at radius 1 is 1.31 bits per heavy atom. The van der Waals surface area contributed by atoms with Gasteiger partial charge in [-0.15, -0.1) is 0 Å². The monoisotopic (exact) mass is 352 g/mol. The van der Waals surface area contributed by atoms with Crippen LogP contribution in [0.4, 0.5) is 0 Å². The molecule has 5 heteroatoms. The molecule has 2 aliphatic rings. The van der Waals surface area contributed by atoms with E-state index < -0.39 is 0 Å². The Kier molecular flexibility index (Phi) is 5.07. The number of aromatic nitrogens is 2. The van der Waals surface area contributed by atoms with Gasteiger partial charge in [-0.3, -0.25) is 14.4 Å². The molecule has 0 spiro atoms. The van der Waals surface area contributed by atoms with E-state index in [4.69, 9.17) is 0 Å². The molecular formula is C21H28N4O. The van der Waals surface area contributed by atoms with Gasteiger partial charge in [-0.05, 0) is 50.3 Å². The molecule has 1 N–H and O–H groups in total. The van der Waals surface area contributed by atoms with Gasteiger partial charge in [0.15, 0.2) is 0 Å². The maximum atomic E-state index is 12.8. The first kappa shape index (κ1) is 17.3. The van der Waals surface area contributed by atoms with Crippen LogP contribution in [0.5, 0.6) is 0 Å². The third-order valence-electron chi connectivity index (χ3n) is 5.83. The standard InChI is InChI=1S/C21H28N4O/c1-16-14-23-24(15-16)11-6-10-22-21(26)18-13-20(17-7-3-2-4-8-17)25-12-5-9-19(18)25/h2-4,7-8,14-15,18-20H,5-6,9-13H2,1H3,(H,22,26)/t18-,19+,20-/m1/s1. The summed E-state index contributed by atoms with van der Waals surface area (Å²) in [7, 11) is 0. The van der Waals surface area contributed by atoms with E-state index in [1.165, 1.54) is 17.5 Å². The van der Waals surface area contributed by atoms with Crippen molar-refractivity contribution in [1.82, 2.24) is 20.0 Å². The van der Waals surface area contributed by atoms with E-state index in [1.54, 1.807) is 0 Å². The lowest BCUT2D eigenvalue weighted by Gasteiger charge is -2.24. The maximum Gasteiger partial charge on any atom is 0.224 e. The molecule has 1 aromatic heterocycles. The van der Waals surface area contributed by atoms with Crippen molar-refractivity contribution >= 4 is 5.91 Å². The number of hydrogen-bond acceptors (Lipinski definition) is 3. The number of benzene rings is 1. The van der Waals surface area contributed by atoms with Gasteiger partial charge in [0.2, 0.25) is 5.91 Å². The van der Waals surface area contributed by atoms with Crippen LogP contribution in [-0.2, 0) is 11.3 Å². The number of nitrogens with zero attached hydrogens (tertiary/aromatic N) is 3. The first-order valence-electron chi connectivity index (χ1n) is 9.80. The molecule has 1 amide bonds. The molecule has 0 saturated carbocycles. The highest BCUT2D eigenvalue weighted by Crippen LogP contribution is 2.44. The van der Waals surface area contributed by atoms with E-state index in [2.05, 4.69) is 45.6 Å². The number of amides is 1. The minimum atomic E-state index is 0.120. The van der Waals surface area contributed by atoms with Crippen LogP contribution in [0.1, 0.15) is 42.9 Å². The van der Waals surface area contributed by atoms with E-state index in [9.17, 15) is 4.79 Å². The summed E-state index contributed by atoms with van der Waals surface area (Å²) in [6.07, 6.45) is 8.12. The molecule has 5 nitrogen and oxygen atoms in total. The molecule has 2 fully saturated rings. The Balaban J connectivity index is 1.32. The van der Waals surface area contributed by atoms with E-state index in [0.29, 0.717) is 12.1 Å². The van der Waals surface area contributed by atoms with Crippen LogP contribution in [-0.4, -0.2) is 39.7 Å². The number of fused-ring (bicyclic) bond motifs is 1. The molecule has 26 heavy (non-hydrogen) atoms. The van der Waals surface area contributed by atoms with Crippen molar-refractivity contribution in [3.63, 3.8) is 0 Å². The van der Waals surface area contributed by atoms with Crippen LogP contribution in [0.3, 0.4) is 0 Å². The zero-order valence-electron chi connectivity index (χ0n) is 15.5. The molecule has 2 saturated heterocycles. The quantitative estimate of drug-likeness (QED) is 0.813. The first-order valence-corrected chi connectivity index (χ1v) is 9.80. The Labute approximate surface area is 155 Å². The second-order valence-corrected chi connectivity index (χ2v) is 7.64. The number of rotatable bonds is 6. The van der Waals surface area contributed by atoms with E-state index in [1.807, 2.05) is 24.0 Å². The number of carbonyl (C=O) groups is 1. The van der Waals surface area contributed by atoms with Crippen LogP contribution >= 0.6 is 0 Å². The van der Waals surface area contributed by atoms with E-state index in [-0.39, 0.29) is 11.8 Å². The normalized spacial score (nSPS) is 25.3. The lowest BCUT2D eigenvalue weighted by molar-refractivity contribution is -0.125. The van der Waals surface area contributed by atoms with Crippen LogP contribution < -0.4 is 5.32 Å². The molecule has 2 aliphatic heterocycles. The van der Waals surface area contributed by atoms with E-state index in [0.717, 1.165) is 38.9 Å². The number of carbonyl (C=O) groups excluding carboxylic acids is 1. The minimum absolute atomic E-state index is 0.120. The van der Waals surface area contributed by atoms with Gasteiger partial charge in [0.05, 0.1) is 12.1 Å². The van der Waals surface area contributed by atoms with E-state index >= 15 is 0 Å². The zero-order valence-corrected chi connectivity index (χ0v) is 15.5. The highest BCUT2D eigenvalue weighted by atomic mass is 16.2. The Morgan fingerprint density at radius 2 is 2.15 bits per heavy atom. The summed E-state index contributed by atoms with van der Waals surface area (Å²) in [6.45, 7) is 4.73. The molecule has 4 rings (SSSR count). The summed E-state index contributed by atoms with van der Waals surface area (Å²) in [5.74, 6) is 0.353. The summed E-state index contributed by atoms with van der Waals surface area (Å²) in [4.78, 5) is 15.4. The molecule has 0 unspecified atom stereocenters. The Hall–Kier alpha value is -2.14. The smallest absolute Gasteiger partial charge is 0.224 e. The molecule has 0 aliphatic carbocycles. The molecule has 0 radical (unpaired) electrons.